The van der Waals surface area contributed by atoms with Gasteiger partial charge in [0, 0.05) is 21.2 Å². The first-order valence-corrected chi connectivity index (χ1v) is 12.1. The van der Waals surface area contributed by atoms with Crippen molar-refractivity contribution in [2.75, 3.05) is 18.1 Å². The summed E-state index contributed by atoms with van der Waals surface area (Å²) in [6.07, 6.45) is 1.98. The maximum atomic E-state index is 13.6. The molecule has 0 bridgehead atoms. The number of rotatable bonds is 4. The first-order valence-electron chi connectivity index (χ1n) is 9.27. The molecule has 1 atom stereocenters. The van der Waals surface area contributed by atoms with Gasteiger partial charge in [-0.05, 0) is 37.1 Å². The number of carbonyl (C=O) groups excluding carboxylic acids is 1. The van der Waals surface area contributed by atoms with Crippen LogP contribution in [-0.4, -0.2) is 30.1 Å². The van der Waals surface area contributed by atoms with Crippen molar-refractivity contribution >= 4 is 81.5 Å². The van der Waals surface area contributed by atoms with Gasteiger partial charge in [-0.25, -0.2) is 4.98 Å². The van der Waals surface area contributed by atoms with Crippen molar-refractivity contribution in [1.82, 2.24) is 4.98 Å². The van der Waals surface area contributed by atoms with Crippen molar-refractivity contribution in [2.45, 2.75) is 18.9 Å². The summed E-state index contributed by atoms with van der Waals surface area (Å²) in [6.45, 7) is 1.22. The molecule has 5 rings (SSSR count). The molecule has 1 aliphatic heterocycles. The zero-order chi connectivity index (χ0) is 20.0. The lowest BCUT2D eigenvalue weighted by Gasteiger charge is -2.22. The summed E-state index contributed by atoms with van der Waals surface area (Å²) in [6, 6.07) is 13.8. The Hall–Kier alpha value is -1.51. The van der Waals surface area contributed by atoms with Gasteiger partial charge in [-0.1, -0.05) is 57.1 Å². The Labute approximate surface area is 189 Å². The van der Waals surface area contributed by atoms with E-state index in [0.29, 0.717) is 21.6 Å². The molecule has 8 heteroatoms. The van der Waals surface area contributed by atoms with Crippen LogP contribution >= 0.6 is 50.2 Å². The molecular formula is C21H16BrClN2O2S2. The largest absolute Gasteiger partial charge is 0.376 e. The standard InChI is InChI=1S/C21H16BrClN2O2S2/c22-12-7-8-15-17(10-12)29-21(24-15)25(11-13-4-3-9-27-13)20(26)19-18(23)14-5-1-2-6-16(14)28-19/h1-2,5-8,10,13H,3-4,9,11H2. The summed E-state index contributed by atoms with van der Waals surface area (Å²) in [5.41, 5.74) is 0.876. The fourth-order valence-electron chi connectivity index (χ4n) is 3.52. The van der Waals surface area contributed by atoms with E-state index >= 15 is 0 Å². The number of hydrogen-bond donors (Lipinski definition) is 0. The van der Waals surface area contributed by atoms with E-state index in [0.717, 1.165) is 44.2 Å². The van der Waals surface area contributed by atoms with Crippen LogP contribution in [0.1, 0.15) is 22.5 Å². The third-order valence-corrected chi connectivity index (χ3v) is 8.15. The van der Waals surface area contributed by atoms with Gasteiger partial charge in [0.1, 0.15) is 4.88 Å². The second kappa shape index (κ2) is 7.96. The van der Waals surface area contributed by atoms with Crippen LogP contribution < -0.4 is 4.90 Å². The van der Waals surface area contributed by atoms with Crippen LogP contribution in [0.2, 0.25) is 5.02 Å². The van der Waals surface area contributed by atoms with E-state index < -0.39 is 0 Å². The minimum atomic E-state index is -0.121. The minimum Gasteiger partial charge on any atom is -0.376 e. The van der Waals surface area contributed by atoms with Crippen LogP contribution in [0, 0.1) is 0 Å². The summed E-state index contributed by atoms with van der Waals surface area (Å²) in [7, 11) is 0. The van der Waals surface area contributed by atoms with E-state index in [-0.39, 0.29) is 12.0 Å². The molecule has 29 heavy (non-hydrogen) atoms. The second-order valence-corrected chi connectivity index (χ2v) is 10.3. The molecule has 4 aromatic rings. The quantitative estimate of drug-likeness (QED) is 0.307. The van der Waals surface area contributed by atoms with E-state index in [4.69, 9.17) is 21.3 Å². The number of halogens is 2. The molecular weight excluding hydrogens is 492 g/mol. The van der Waals surface area contributed by atoms with Crippen LogP contribution in [-0.2, 0) is 4.74 Å². The predicted molar refractivity (Wildman–Crippen MR) is 125 cm³/mol. The molecule has 148 valence electrons. The predicted octanol–water partition coefficient (Wildman–Crippen LogP) is 6.75. The van der Waals surface area contributed by atoms with Crippen molar-refractivity contribution in [3.63, 3.8) is 0 Å². The molecule has 0 spiro atoms. The lowest BCUT2D eigenvalue weighted by molar-refractivity contribution is 0.0921. The van der Waals surface area contributed by atoms with Gasteiger partial charge in [0.2, 0.25) is 0 Å². The second-order valence-electron chi connectivity index (χ2n) is 6.90. The molecule has 3 heterocycles. The highest BCUT2D eigenvalue weighted by Gasteiger charge is 2.29. The number of anilines is 1. The van der Waals surface area contributed by atoms with Crippen molar-refractivity contribution in [1.29, 1.82) is 0 Å². The summed E-state index contributed by atoms with van der Waals surface area (Å²) in [4.78, 5) is 20.6. The smallest absolute Gasteiger partial charge is 0.271 e. The number of thiazole rings is 1. The number of thiophene rings is 1. The van der Waals surface area contributed by atoms with Gasteiger partial charge in [0.15, 0.2) is 5.13 Å². The summed E-state index contributed by atoms with van der Waals surface area (Å²) >= 11 is 13.1. The molecule has 1 aliphatic rings. The highest BCUT2D eigenvalue weighted by atomic mass is 79.9. The number of benzene rings is 2. The number of nitrogens with zero attached hydrogens (tertiary/aromatic N) is 2. The number of carbonyl (C=O) groups is 1. The Bertz CT molecular complexity index is 1220. The van der Waals surface area contributed by atoms with Crippen molar-refractivity contribution in [2.24, 2.45) is 0 Å². The van der Waals surface area contributed by atoms with Gasteiger partial charge in [0.25, 0.3) is 5.91 Å². The molecule has 0 aliphatic carbocycles. The zero-order valence-electron chi connectivity index (χ0n) is 15.2. The van der Waals surface area contributed by atoms with Gasteiger partial charge >= 0.3 is 0 Å². The highest BCUT2D eigenvalue weighted by molar-refractivity contribution is 9.10. The number of ether oxygens (including phenoxy) is 1. The normalized spacial score (nSPS) is 16.7. The molecule has 0 radical (unpaired) electrons. The molecule has 0 saturated carbocycles. The van der Waals surface area contributed by atoms with Crippen LogP contribution in [0.3, 0.4) is 0 Å². The maximum Gasteiger partial charge on any atom is 0.271 e. The number of hydrogen-bond acceptors (Lipinski definition) is 5. The number of aromatic nitrogens is 1. The van der Waals surface area contributed by atoms with Crippen LogP contribution in [0.4, 0.5) is 5.13 Å². The molecule has 1 unspecified atom stereocenters. The SMILES string of the molecule is O=C(c1sc2ccccc2c1Cl)N(CC1CCCO1)c1nc2ccc(Br)cc2s1. The fraction of sp³-hybridized carbons (Fsp3) is 0.238. The molecule has 2 aromatic heterocycles. The van der Waals surface area contributed by atoms with Gasteiger partial charge in [-0.15, -0.1) is 11.3 Å². The number of amides is 1. The molecule has 1 fully saturated rings. The fourth-order valence-corrected chi connectivity index (χ4v) is 6.50. The van der Waals surface area contributed by atoms with E-state index in [1.54, 1.807) is 4.90 Å². The zero-order valence-corrected chi connectivity index (χ0v) is 19.2. The Morgan fingerprint density at radius 2 is 2.10 bits per heavy atom. The van der Waals surface area contributed by atoms with Crippen LogP contribution in [0.15, 0.2) is 46.9 Å². The summed E-state index contributed by atoms with van der Waals surface area (Å²) in [5.74, 6) is -0.121. The Kier molecular flexibility index (Phi) is 5.34. The molecule has 4 nitrogen and oxygen atoms in total. The molecule has 0 N–H and O–H groups in total. The van der Waals surface area contributed by atoms with Crippen LogP contribution in [0.25, 0.3) is 20.3 Å². The molecule has 2 aromatic carbocycles. The van der Waals surface area contributed by atoms with Crippen molar-refractivity contribution < 1.29 is 9.53 Å². The van der Waals surface area contributed by atoms with E-state index in [2.05, 4.69) is 15.9 Å². The highest BCUT2D eigenvalue weighted by Crippen LogP contribution is 2.38. The van der Waals surface area contributed by atoms with Gasteiger partial charge < -0.3 is 4.74 Å². The third kappa shape index (κ3) is 3.70. The minimum absolute atomic E-state index is 0.0193. The van der Waals surface area contributed by atoms with Crippen LogP contribution in [0.5, 0.6) is 0 Å². The first-order chi connectivity index (χ1) is 14.1. The Morgan fingerprint density at radius 3 is 2.90 bits per heavy atom. The Balaban J connectivity index is 1.58. The summed E-state index contributed by atoms with van der Waals surface area (Å²) < 4.78 is 8.84. The third-order valence-electron chi connectivity index (χ3n) is 4.95. The molecule has 1 saturated heterocycles. The van der Waals surface area contributed by atoms with Gasteiger partial charge in [0.05, 0.1) is 27.9 Å². The van der Waals surface area contributed by atoms with Crippen molar-refractivity contribution in [3.8, 4) is 0 Å². The average Bonchev–Trinajstić information content (AvgIpc) is 3.44. The molecule has 1 amide bonds. The van der Waals surface area contributed by atoms with Crippen molar-refractivity contribution in [3.05, 3.63) is 56.8 Å². The number of fused-ring (bicyclic) bond motifs is 2. The maximum absolute atomic E-state index is 13.6. The van der Waals surface area contributed by atoms with Gasteiger partial charge in [-0.3, -0.25) is 9.69 Å². The van der Waals surface area contributed by atoms with Gasteiger partial charge in [-0.2, -0.15) is 0 Å². The first kappa shape index (κ1) is 19.5. The monoisotopic (exact) mass is 506 g/mol. The lowest BCUT2D eigenvalue weighted by atomic mass is 10.2. The van der Waals surface area contributed by atoms with E-state index in [1.165, 1.54) is 22.7 Å². The Morgan fingerprint density at radius 1 is 1.24 bits per heavy atom. The van der Waals surface area contributed by atoms with E-state index in [9.17, 15) is 4.79 Å². The average molecular weight is 508 g/mol. The summed E-state index contributed by atoms with van der Waals surface area (Å²) in [5, 5.41) is 2.09. The van der Waals surface area contributed by atoms with E-state index in [1.807, 2.05) is 42.5 Å². The lowest BCUT2D eigenvalue weighted by Crippen LogP contribution is -2.37. The topological polar surface area (TPSA) is 42.4 Å².